The van der Waals surface area contributed by atoms with Crippen molar-refractivity contribution in [1.29, 1.82) is 0 Å². The summed E-state index contributed by atoms with van der Waals surface area (Å²) in [5, 5.41) is 6.15. The van der Waals surface area contributed by atoms with Gasteiger partial charge < -0.3 is 10.6 Å². The van der Waals surface area contributed by atoms with Gasteiger partial charge in [-0.15, -0.1) is 0 Å². The van der Waals surface area contributed by atoms with Gasteiger partial charge in [0.2, 0.25) is 5.91 Å². The highest BCUT2D eigenvalue weighted by Gasteiger charge is 2.10. The summed E-state index contributed by atoms with van der Waals surface area (Å²) < 4.78 is 24.6. The molecule has 3 nitrogen and oxygen atoms in total. The lowest BCUT2D eigenvalue weighted by Crippen LogP contribution is -2.19. The maximum Gasteiger partial charge on any atom is 0.288 e. The van der Waals surface area contributed by atoms with E-state index in [1.54, 1.807) is 24.3 Å². The minimum Gasteiger partial charge on any atom is -0.385 e. The third-order valence-corrected chi connectivity index (χ3v) is 4.23. The standard InChI is InChI=1S/C20H24F2N2OS/c1-20(2,3)13-23-15-6-4-14(5-7-15)12-18(25)24-16-8-10-17(11-9-16)26-19(21)22/h4-11,19,23H,12-13H2,1-3H3,(H,24,25). The predicted octanol–water partition coefficient (Wildman–Crippen LogP) is 5.64. The molecular formula is C20H24F2N2OS. The van der Waals surface area contributed by atoms with Crippen LogP contribution in [0.15, 0.2) is 53.4 Å². The maximum absolute atomic E-state index is 12.3. The second-order valence-corrected chi connectivity index (χ2v) is 8.30. The summed E-state index contributed by atoms with van der Waals surface area (Å²) in [4.78, 5) is 12.6. The van der Waals surface area contributed by atoms with Gasteiger partial charge >= 0.3 is 0 Å². The quantitative estimate of drug-likeness (QED) is 0.613. The Morgan fingerprint density at radius 3 is 2.12 bits per heavy atom. The molecule has 0 aliphatic carbocycles. The van der Waals surface area contributed by atoms with E-state index in [9.17, 15) is 13.6 Å². The summed E-state index contributed by atoms with van der Waals surface area (Å²) in [6, 6.07) is 14.2. The SMILES string of the molecule is CC(C)(C)CNc1ccc(CC(=O)Nc2ccc(SC(F)F)cc2)cc1. The van der Waals surface area contributed by atoms with Crippen molar-refractivity contribution in [3.8, 4) is 0 Å². The third kappa shape index (κ3) is 7.44. The second kappa shape index (κ2) is 9.03. The smallest absolute Gasteiger partial charge is 0.288 e. The van der Waals surface area contributed by atoms with Crippen LogP contribution in [0.3, 0.4) is 0 Å². The van der Waals surface area contributed by atoms with E-state index < -0.39 is 5.76 Å². The molecule has 0 radical (unpaired) electrons. The molecule has 0 aromatic heterocycles. The molecule has 140 valence electrons. The molecule has 1 amide bonds. The molecule has 2 aromatic rings. The average Bonchev–Trinajstić information content (AvgIpc) is 2.55. The number of hydrogen-bond acceptors (Lipinski definition) is 3. The average molecular weight is 378 g/mol. The first-order chi connectivity index (χ1) is 12.2. The van der Waals surface area contributed by atoms with Crippen LogP contribution in [0.2, 0.25) is 0 Å². The van der Waals surface area contributed by atoms with Gasteiger partial charge in [-0.05, 0) is 47.4 Å². The normalized spacial score (nSPS) is 11.5. The molecule has 0 saturated carbocycles. The fourth-order valence-corrected chi connectivity index (χ4v) is 2.72. The molecule has 0 fully saturated rings. The summed E-state index contributed by atoms with van der Waals surface area (Å²) in [5.74, 6) is -2.59. The Morgan fingerprint density at radius 2 is 1.58 bits per heavy atom. The van der Waals surface area contributed by atoms with E-state index >= 15 is 0 Å². The highest BCUT2D eigenvalue weighted by Crippen LogP contribution is 2.26. The van der Waals surface area contributed by atoms with Crippen LogP contribution in [0.25, 0.3) is 0 Å². The van der Waals surface area contributed by atoms with Crippen molar-refractivity contribution in [1.82, 2.24) is 0 Å². The van der Waals surface area contributed by atoms with E-state index in [0.717, 1.165) is 17.8 Å². The van der Waals surface area contributed by atoms with E-state index in [4.69, 9.17) is 0 Å². The largest absolute Gasteiger partial charge is 0.385 e. The Kier molecular flexibility index (Phi) is 7.03. The number of nitrogens with one attached hydrogen (secondary N) is 2. The number of anilines is 2. The first-order valence-electron chi connectivity index (χ1n) is 8.39. The number of benzene rings is 2. The van der Waals surface area contributed by atoms with Gasteiger partial charge in [-0.25, -0.2) is 0 Å². The van der Waals surface area contributed by atoms with Gasteiger partial charge in [-0.1, -0.05) is 44.7 Å². The van der Waals surface area contributed by atoms with Crippen molar-refractivity contribution in [2.45, 2.75) is 37.8 Å². The molecule has 2 N–H and O–H groups in total. The van der Waals surface area contributed by atoms with E-state index in [2.05, 4.69) is 31.4 Å². The van der Waals surface area contributed by atoms with Crippen molar-refractivity contribution in [3.05, 3.63) is 54.1 Å². The second-order valence-electron chi connectivity index (χ2n) is 7.24. The number of hydrogen-bond donors (Lipinski definition) is 2. The van der Waals surface area contributed by atoms with Crippen molar-refractivity contribution < 1.29 is 13.6 Å². The Bertz CT molecular complexity index is 710. The molecule has 2 aromatic carbocycles. The fourth-order valence-electron chi connectivity index (χ4n) is 2.22. The summed E-state index contributed by atoms with van der Waals surface area (Å²) in [6.07, 6.45) is 0.257. The number of carbonyl (C=O) groups excluding carboxylic acids is 1. The topological polar surface area (TPSA) is 41.1 Å². The lowest BCUT2D eigenvalue weighted by Gasteiger charge is -2.19. The zero-order chi connectivity index (χ0) is 19.2. The van der Waals surface area contributed by atoms with E-state index in [1.165, 1.54) is 0 Å². The Labute approximate surface area is 157 Å². The van der Waals surface area contributed by atoms with Gasteiger partial charge in [0.1, 0.15) is 0 Å². The van der Waals surface area contributed by atoms with Gasteiger partial charge in [-0.3, -0.25) is 4.79 Å². The lowest BCUT2D eigenvalue weighted by atomic mass is 9.97. The summed E-state index contributed by atoms with van der Waals surface area (Å²) in [7, 11) is 0. The minimum absolute atomic E-state index is 0.144. The van der Waals surface area contributed by atoms with Crippen molar-refractivity contribution >= 4 is 29.0 Å². The van der Waals surface area contributed by atoms with Crippen LogP contribution < -0.4 is 10.6 Å². The highest BCUT2D eigenvalue weighted by atomic mass is 32.2. The van der Waals surface area contributed by atoms with Crippen molar-refractivity contribution in [2.75, 3.05) is 17.2 Å². The Hall–Kier alpha value is -2.08. The molecule has 0 saturated heterocycles. The van der Waals surface area contributed by atoms with E-state index in [-0.39, 0.29) is 17.7 Å². The zero-order valence-corrected chi connectivity index (χ0v) is 16.0. The molecule has 2 rings (SSSR count). The van der Waals surface area contributed by atoms with Gasteiger partial charge in [0, 0.05) is 22.8 Å². The summed E-state index contributed by atoms with van der Waals surface area (Å²) in [5.41, 5.74) is 2.73. The number of rotatable bonds is 7. The van der Waals surface area contributed by atoms with Crippen LogP contribution in [-0.2, 0) is 11.2 Å². The zero-order valence-electron chi connectivity index (χ0n) is 15.2. The summed E-state index contributed by atoms with van der Waals surface area (Å²) in [6.45, 7) is 7.36. The van der Waals surface area contributed by atoms with Gasteiger partial charge in [-0.2, -0.15) is 8.78 Å². The molecule has 0 spiro atoms. The number of halogens is 2. The van der Waals surface area contributed by atoms with Crippen LogP contribution in [0, 0.1) is 5.41 Å². The minimum atomic E-state index is -2.45. The van der Waals surface area contributed by atoms with Gasteiger partial charge in [0.25, 0.3) is 5.76 Å². The van der Waals surface area contributed by atoms with Crippen LogP contribution in [0.4, 0.5) is 20.2 Å². The molecule has 0 bridgehead atoms. The molecule has 0 heterocycles. The fraction of sp³-hybridized carbons (Fsp3) is 0.350. The third-order valence-electron chi connectivity index (χ3n) is 3.50. The molecule has 0 aliphatic rings. The lowest BCUT2D eigenvalue weighted by molar-refractivity contribution is -0.115. The maximum atomic E-state index is 12.3. The molecule has 0 atom stereocenters. The predicted molar refractivity (Wildman–Crippen MR) is 105 cm³/mol. The molecular weight excluding hydrogens is 354 g/mol. The number of amides is 1. The summed E-state index contributed by atoms with van der Waals surface area (Å²) >= 11 is 0.483. The first-order valence-corrected chi connectivity index (χ1v) is 9.27. The van der Waals surface area contributed by atoms with Crippen LogP contribution in [0.1, 0.15) is 26.3 Å². The van der Waals surface area contributed by atoms with Crippen LogP contribution in [0.5, 0.6) is 0 Å². The van der Waals surface area contributed by atoms with Gasteiger partial charge in [0.15, 0.2) is 0 Å². The van der Waals surface area contributed by atoms with Gasteiger partial charge in [0.05, 0.1) is 6.42 Å². The van der Waals surface area contributed by atoms with E-state index in [1.807, 2.05) is 24.3 Å². The monoisotopic (exact) mass is 378 g/mol. The number of carbonyl (C=O) groups is 1. The molecule has 6 heteroatoms. The molecule has 0 unspecified atom stereocenters. The van der Waals surface area contributed by atoms with E-state index in [0.29, 0.717) is 22.3 Å². The Balaban J connectivity index is 1.85. The molecule has 26 heavy (non-hydrogen) atoms. The highest BCUT2D eigenvalue weighted by molar-refractivity contribution is 7.99. The van der Waals surface area contributed by atoms with Crippen LogP contribution in [-0.4, -0.2) is 18.2 Å². The Morgan fingerprint density at radius 1 is 1.00 bits per heavy atom. The first kappa shape index (κ1) is 20.2. The number of alkyl halides is 2. The number of thioether (sulfide) groups is 1. The van der Waals surface area contributed by atoms with Crippen molar-refractivity contribution in [3.63, 3.8) is 0 Å². The van der Waals surface area contributed by atoms with Crippen LogP contribution >= 0.6 is 11.8 Å². The van der Waals surface area contributed by atoms with Crippen molar-refractivity contribution in [2.24, 2.45) is 5.41 Å². The molecule has 0 aliphatic heterocycles.